The standard InChI is InChI=1S/C34H44N2O7/c1-7-22(2)29(28(38)21-34(4,5)33(42)43-6)36-32(41)30(39)23(3)35-31(40)26(18-24-14-10-8-11-15-24)20-27(37)19-25-16-12-9-13-17-25/h8-17,22-23,26,29H,7,18-21H2,1-6H3,(H,35,40)(H,36,41)/t22-,23?,26+,29-/m0/s1. The van der Waals surface area contributed by atoms with Gasteiger partial charge >= 0.3 is 5.97 Å². The normalized spacial score (nSPS) is 14.0. The number of carbonyl (C=O) groups is 6. The van der Waals surface area contributed by atoms with E-state index in [-0.39, 0.29) is 37.4 Å². The molecule has 2 N–H and O–H groups in total. The number of amides is 2. The van der Waals surface area contributed by atoms with E-state index in [0.29, 0.717) is 6.42 Å². The third kappa shape index (κ3) is 10.9. The molecule has 0 aliphatic rings. The van der Waals surface area contributed by atoms with Crippen LogP contribution < -0.4 is 10.6 Å². The van der Waals surface area contributed by atoms with E-state index in [1.54, 1.807) is 20.8 Å². The molecule has 2 aromatic carbocycles. The zero-order chi connectivity index (χ0) is 32.2. The van der Waals surface area contributed by atoms with Crippen LogP contribution in [0.2, 0.25) is 0 Å². The molecule has 4 atom stereocenters. The molecule has 0 bridgehead atoms. The predicted molar refractivity (Wildman–Crippen MR) is 163 cm³/mol. The van der Waals surface area contributed by atoms with Gasteiger partial charge in [0, 0.05) is 25.2 Å². The van der Waals surface area contributed by atoms with Gasteiger partial charge in [-0.25, -0.2) is 0 Å². The summed E-state index contributed by atoms with van der Waals surface area (Å²) in [5.41, 5.74) is 0.586. The van der Waals surface area contributed by atoms with Gasteiger partial charge in [0.15, 0.2) is 5.78 Å². The largest absolute Gasteiger partial charge is 0.469 e. The van der Waals surface area contributed by atoms with Crippen molar-refractivity contribution < 1.29 is 33.5 Å². The number of benzene rings is 2. The second-order valence-electron chi connectivity index (χ2n) is 11.7. The van der Waals surface area contributed by atoms with Crippen molar-refractivity contribution >= 4 is 35.1 Å². The van der Waals surface area contributed by atoms with Gasteiger partial charge in [0.1, 0.15) is 5.78 Å². The van der Waals surface area contributed by atoms with Crippen LogP contribution in [0.15, 0.2) is 60.7 Å². The molecule has 0 saturated carbocycles. The lowest BCUT2D eigenvalue weighted by atomic mass is 9.82. The van der Waals surface area contributed by atoms with E-state index in [2.05, 4.69) is 10.6 Å². The summed E-state index contributed by atoms with van der Waals surface area (Å²) in [6, 6.07) is 16.3. The van der Waals surface area contributed by atoms with Crippen LogP contribution in [-0.4, -0.2) is 54.3 Å². The van der Waals surface area contributed by atoms with Crippen molar-refractivity contribution in [1.29, 1.82) is 0 Å². The molecule has 0 radical (unpaired) electrons. The molecule has 0 aliphatic carbocycles. The minimum absolute atomic E-state index is 0.0384. The molecule has 9 nitrogen and oxygen atoms in total. The van der Waals surface area contributed by atoms with Crippen molar-refractivity contribution in [2.24, 2.45) is 17.3 Å². The number of ketones is 3. The zero-order valence-corrected chi connectivity index (χ0v) is 26.0. The lowest BCUT2D eigenvalue weighted by Gasteiger charge is -2.27. The Kier molecular flexibility index (Phi) is 13.4. The third-order valence-electron chi connectivity index (χ3n) is 7.59. The maximum Gasteiger partial charge on any atom is 0.311 e. The molecule has 2 amide bonds. The zero-order valence-electron chi connectivity index (χ0n) is 26.0. The van der Waals surface area contributed by atoms with E-state index in [9.17, 15) is 28.8 Å². The average Bonchev–Trinajstić information content (AvgIpc) is 2.98. The summed E-state index contributed by atoms with van der Waals surface area (Å²) in [4.78, 5) is 77.6. The van der Waals surface area contributed by atoms with E-state index in [4.69, 9.17) is 4.74 Å². The Morgan fingerprint density at radius 2 is 1.40 bits per heavy atom. The SMILES string of the molecule is CC[C@H](C)[C@H](NC(=O)C(=O)C(C)NC(=O)[C@@H](CC(=O)Cc1ccccc1)Cc1ccccc1)C(=O)CC(C)(C)C(=O)OC. The van der Waals surface area contributed by atoms with Gasteiger partial charge < -0.3 is 15.4 Å². The molecule has 2 aromatic rings. The quantitative estimate of drug-likeness (QED) is 0.211. The molecule has 0 aromatic heterocycles. The lowest BCUT2D eigenvalue weighted by Crippen LogP contribution is -2.53. The Morgan fingerprint density at radius 1 is 0.837 bits per heavy atom. The number of rotatable bonds is 17. The van der Waals surface area contributed by atoms with Gasteiger partial charge in [0.2, 0.25) is 11.7 Å². The van der Waals surface area contributed by atoms with Gasteiger partial charge in [0.05, 0.1) is 24.6 Å². The first-order chi connectivity index (χ1) is 20.3. The van der Waals surface area contributed by atoms with Crippen molar-refractivity contribution in [1.82, 2.24) is 10.6 Å². The molecule has 43 heavy (non-hydrogen) atoms. The Balaban J connectivity index is 2.12. The number of ether oxygens (including phenoxy) is 1. The lowest BCUT2D eigenvalue weighted by molar-refractivity contribution is -0.153. The molecule has 0 spiro atoms. The number of hydrogen-bond donors (Lipinski definition) is 2. The van der Waals surface area contributed by atoms with Crippen LogP contribution in [0.5, 0.6) is 0 Å². The molecular formula is C34H44N2O7. The van der Waals surface area contributed by atoms with Crippen LogP contribution in [0.25, 0.3) is 0 Å². The highest BCUT2D eigenvalue weighted by Gasteiger charge is 2.37. The van der Waals surface area contributed by atoms with Gasteiger partial charge in [-0.05, 0) is 44.2 Å². The van der Waals surface area contributed by atoms with Gasteiger partial charge in [-0.3, -0.25) is 28.8 Å². The number of methoxy groups -OCH3 is 1. The van der Waals surface area contributed by atoms with Crippen LogP contribution in [0, 0.1) is 17.3 Å². The Labute approximate surface area is 254 Å². The second-order valence-corrected chi connectivity index (χ2v) is 11.7. The number of Topliss-reactive ketones (excluding diaryl/α,β-unsaturated/α-hetero) is 3. The number of carbonyl (C=O) groups excluding carboxylic acids is 6. The van der Waals surface area contributed by atoms with E-state index < -0.39 is 52.8 Å². The second kappa shape index (κ2) is 16.5. The van der Waals surface area contributed by atoms with Crippen molar-refractivity contribution in [2.75, 3.05) is 7.11 Å². The summed E-state index contributed by atoms with van der Waals surface area (Å²) in [6.45, 7) is 8.16. The average molecular weight is 593 g/mol. The van der Waals surface area contributed by atoms with Crippen molar-refractivity contribution in [3.8, 4) is 0 Å². The Bertz CT molecular complexity index is 1270. The monoisotopic (exact) mass is 592 g/mol. The highest BCUT2D eigenvalue weighted by atomic mass is 16.5. The van der Waals surface area contributed by atoms with E-state index in [1.807, 2.05) is 67.6 Å². The van der Waals surface area contributed by atoms with Gasteiger partial charge in [0.25, 0.3) is 5.91 Å². The molecule has 2 rings (SSSR count). The summed E-state index contributed by atoms with van der Waals surface area (Å²) in [5.74, 6) is -4.60. The minimum Gasteiger partial charge on any atom is -0.469 e. The molecule has 0 heterocycles. The summed E-state index contributed by atoms with van der Waals surface area (Å²) < 4.78 is 4.79. The Hall–Kier alpha value is -4.14. The predicted octanol–water partition coefficient (Wildman–Crippen LogP) is 3.81. The van der Waals surface area contributed by atoms with Gasteiger partial charge in [-0.1, -0.05) is 80.9 Å². The summed E-state index contributed by atoms with van der Waals surface area (Å²) in [5, 5.41) is 5.14. The molecule has 9 heteroatoms. The topological polar surface area (TPSA) is 136 Å². The Morgan fingerprint density at radius 3 is 1.93 bits per heavy atom. The number of nitrogens with one attached hydrogen (secondary N) is 2. The maximum absolute atomic E-state index is 13.4. The molecule has 232 valence electrons. The van der Waals surface area contributed by atoms with Crippen molar-refractivity contribution in [2.45, 2.75) is 78.8 Å². The fourth-order valence-corrected chi connectivity index (χ4v) is 4.80. The summed E-state index contributed by atoms with van der Waals surface area (Å²) >= 11 is 0. The first kappa shape index (κ1) is 35.1. The van der Waals surface area contributed by atoms with Crippen LogP contribution in [0.1, 0.15) is 65.0 Å². The maximum atomic E-state index is 13.4. The first-order valence-corrected chi connectivity index (χ1v) is 14.6. The van der Waals surface area contributed by atoms with Crippen LogP contribution in [0.3, 0.4) is 0 Å². The summed E-state index contributed by atoms with van der Waals surface area (Å²) in [7, 11) is 1.24. The van der Waals surface area contributed by atoms with Gasteiger partial charge in [-0.15, -0.1) is 0 Å². The van der Waals surface area contributed by atoms with Crippen molar-refractivity contribution in [3.05, 3.63) is 71.8 Å². The van der Waals surface area contributed by atoms with E-state index in [0.717, 1.165) is 11.1 Å². The fourth-order valence-electron chi connectivity index (χ4n) is 4.80. The molecule has 1 unspecified atom stereocenters. The summed E-state index contributed by atoms with van der Waals surface area (Å²) in [6.07, 6.45) is 0.764. The molecule has 0 saturated heterocycles. The van der Waals surface area contributed by atoms with Crippen molar-refractivity contribution in [3.63, 3.8) is 0 Å². The van der Waals surface area contributed by atoms with E-state index >= 15 is 0 Å². The number of hydrogen-bond acceptors (Lipinski definition) is 7. The molecule has 0 aliphatic heterocycles. The molecule has 0 fully saturated rings. The van der Waals surface area contributed by atoms with Gasteiger partial charge in [-0.2, -0.15) is 0 Å². The van der Waals surface area contributed by atoms with Crippen LogP contribution in [-0.2, 0) is 46.3 Å². The van der Waals surface area contributed by atoms with Crippen LogP contribution >= 0.6 is 0 Å². The van der Waals surface area contributed by atoms with E-state index in [1.165, 1.54) is 14.0 Å². The smallest absolute Gasteiger partial charge is 0.311 e. The highest BCUT2D eigenvalue weighted by molar-refractivity contribution is 6.38. The highest BCUT2D eigenvalue weighted by Crippen LogP contribution is 2.25. The fraction of sp³-hybridized carbons (Fsp3) is 0.471. The molecular weight excluding hydrogens is 548 g/mol. The minimum atomic E-state index is -1.20. The first-order valence-electron chi connectivity index (χ1n) is 14.6. The third-order valence-corrected chi connectivity index (χ3v) is 7.59. The number of esters is 1. The van der Waals surface area contributed by atoms with Crippen LogP contribution in [0.4, 0.5) is 0 Å².